The largest absolute Gasteiger partial charge is 0.445 e. The van der Waals surface area contributed by atoms with Crippen LogP contribution in [0.5, 0.6) is 0 Å². The third-order valence-electron chi connectivity index (χ3n) is 8.80. The van der Waals surface area contributed by atoms with E-state index in [9.17, 15) is 24.1 Å². The monoisotopic (exact) mass is 721 g/mol. The average molecular weight is 722 g/mol. The van der Waals surface area contributed by atoms with Gasteiger partial charge in [-0.05, 0) is 61.8 Å². The van der Waals surface area contributed by atoms with E-state index < -0.39 is 37.5 Å². The minimum Gasteiger partial charge on any atom is -0.445 e. The van der Waals surface area contributed by atoms with E-state index in [1.807, 2.05) is 37.3 Å². The van der Waals surface area contributed by atoms with Crippen LogP contribution >= 0.6 is 19.2 Å². The van der Waals surface area contributed by atoms with Gasteiger partial charge in [-0.15, -0.1) is 0 Å². The van der Waals surface area contributed by atoms with Crippen LogP contribution in [-0.2, 0) is 34.5 Å². The van der Waals surface area contributed by atoms with Crippen LogP contribution in [0.3, 0.4) is 0 Å². The van der Waals surface area contributed by atoms with Crippen molar-refractivity contribution >= 4 is 37.1 Å². The van der Waals surface area contributed by atoms with Gasteiger partial charge in [-0.1, -0.05) is 93.1 Å². The number of alkyl carbamates (subject to hydrolysis) is 1. The Balaban J connectivity index is 1.76. The molecule has 1 saturated carbocycles. The highest BCUT2D eigenvalue weighted by Gasteiger charge is 2.42. The van der Waals surface area contributed by atoms with E-state index in [2.05, 4.69) is 10.6 Å². The number of nitrogens with zero attached hydrogens (tertiary/aromatic N) is 1. The zero-order valence-corrected chi connectivity index (χ0v) is 30.8. The molecular formula is C36H53ClN3O8P. The summed E-state index contributed by atoms with van der Waals surface area (Å²) in [5.74, 6) is -2.29. The number of benzene rings is 2. The number of hydrogen-bond donors (Lipinski definition) is 3. The lowest BCUT2D eigenvalue weighted by atomic mass is 9.84. The van der Waals surface area contributed by atoms with Crippen molar-refractivity contribution in [3.63, 3.8) is 0 Å². The summed E-state index contributed by atoms with van der Waals surface area (Å²) in [4.78, 5) is 41.8. The molecule has 1 aliphatic carbocycles. The van der Waals surface area contributed by atoms with Gasteiger partial charge in [-0.25, -0.2) is 4.79 Å². The molecule has 0 aromatic heterocycles. The predicted molar refractivity (Wildman–Crippen MR) is 190 cm³/mol. The lowest BCUT2D eigenvalue weighted by Crippen LogP contribution is -2.53. The van der Waals surface area contributed by atoms with Crippen LogP contribution in [0.4, 0.5) is 4.79 Å². The van der Waals surface area contributed by atoms with E-state index in [0.29, 0.717) is 23.6 Å². The van der Waals surface area contributed by atoms with E-state index in [1.54, 1.807) is 50.1 Å². The van der Waals surface area contributed by atoms with Crippen LogP contribution in [0, 0.1) is 5.92 Å². The van der Waals surface area contributed by atoms with Gasteiger partial charge >= 0.3 is 13.7 Å². The zero-order valence-electron chi connectivity index (χ0n) is 29.1. The zero-order chi connectivity index (χ0) is 35.8. The predicted octanol–water partition coefficient (Wildman–Crippen LogP) is 7.02. The summed E-state index contributed by atoms with van der Waals surface area (Å²) in [5.41, 5.74) is 1.79. The molecule has 0 radical (unpaired) electrons. The van der Waals surface area contributed by atoms with Gasteiger partial charge in [0, 0.05) is 25.0 Å². The van der Waals surface area contributed by atoms with Gasteiger partial charge in [0.05, 0.1) is 19.3 Å². The molecule has 1 aliphatic rings. The number of aliphatic hydroxyl groups is 1. The van der Waals surface area contributed by atoms with Crippen molar-refractivity contribution < 1.29 is 37.8 Å². The normalized spacial score (nSPS) is 16.2. The van der Waals surface area contributed by atoms with Gasteiger partial charge < -0.3 is 34.4 Å². The number of ether oxygens (including phenoxy) is 1. The quantitative estimate of drug-likeness (QED) is 0.131. The number of carbonyl (C=O) groups excluding carboxylic acids is 3. The van der Waals surface area contributed by atoms with Gasteiger partial charge in [0.15, 0.2) is 5.85 Å². The average Bonchev–Trinajstić information content (AvgIpc) is 3.09. The fraction of sp³-hybridized carbons (Fsp3) is 0.583. The molecule has 2 aromatic rings. The van der Waals surface area contributed by atoms with Crippen molar-refractivity contribution in [1.82, 2.24) is 15.5 Å². The first-order chi connectivity index (χ1) is 23.4. The third kappa shape index (κ3) is 13.4. The van der Waals surface area contributed by atoms with Crippen LogP contribution in [0.25, 0.3) is 0 Å². The molecule has 0 aliphatic heterocycles. The summed E-state index contributed by atoms with van der Waals surface area (Å²) >= 11 is 6.06. The summed E-state index contributed by atoms with van der Waals surface area (Å²) in [6.07, 6.45) is 4.49. The van der Waals surface area contributed by atoms with Gasteiger partial charge in [-0.3, -0.25) is 14.2 Å². The molecular weight excluding hydrogens is 669 g/mol. The van der Waals surface area contributed by atoms with Crippen molar-refractivity contribution in [2.45, 2.75) is 103 Å². The minimum absolute atomic E-state index is 0.00161. The van der Waals surface area contributed by atoms with Gasteiger partial charge in [0.1, 0.15) is 12.6 Å². The molecule has 1 fully saturated rings. The number of halogens is 1. The Kier molecular flexibility index (Phi) is 17.1. The molecule has 272 valence electrons. The molecule has 13 heteroatoms. The maximum atomic E-state index is 13.9. The second-order valence-electron chi connectivity index (χ2n) is 12.7. The van der Waals surface area contributed by atoms with E-state index in [1.165, 1.54) is 0 Å². The van der Waals surface area contributed by atoms with E-state index in [4.69, 9.17) is 25.4 Å². The smallest absolute Gasteiger partial charge is 0.408 e. The lowest BCUT2D eigenvalue weighted by Gasteiger charge is -2.32. The third-order valence-corrected chi connectivity index (χ3v) is 11.3. The van der Waals surface area contributed by atoms with Crippen LogP contribution in [-0.4, -0.2) is 72.6 Å². The molecule has 3 N–H and O–H groups in total. The van der Waals surface area contributed by atoms with Crippen LogP contribution in [0.15, 0.2) is 54.6 Å². The Bertz CT molecular complexity index is 1370. The second kappa shape index (κ2) is 20.7. The maximum absolute atomic E-state index is 13.9. The molecule has 0 bridgehead atoms. The number of hydrogen-bond acceptors (Lipinski definition) is 8. The topological polar surface area (TPSA) is 144 Å². The van der Waals surface area contributed by atoms with E-state index >= 15 is 0 Å². The Morgan fingerprint density at radius 1 is 1.00 bits per heavy atom. The standard InChI is InChI=1S/C36H53ClN3O8P/c1-5-47-49(45,48-6-2)35(43)31(20-21-33(41)40(4)24-26(3)29-17-11-8-12-18-29)38-34(42)32(23-27-14-9-7-10-15-27)39-36(44)46-25-28-16-13-19-30(37)22-28/h8,11-13,16-19,22,26-27,31-32,35,43H,5-7,9-10,14-15,20-21,23-25H2,1-4H3,(H,38,42)(H,39,44)/t26?,31-,32-,35?/m0/s1. The Morgan fingerprint density at radius 3 is 2.31 bits per heavy atom. The fourth-order valence-corrected chi connectivity index (χ4v) is 8.14. The maximum Gasteiger partial charge on any atom is 0.408 e. The number of aliphatic hydroxyl groups excluding tert-OH is 1. The lowest BCUT2D eigenvalue weighted by molar-refractivity contribution is -0.131. The van der Waals surface area contributed by atoms with Crippen LogP contribution in [0.1, 0.15) is 89.2 Å². The Labute approximate surface area is 295 Å². The Hall–Kier alpha value is -2.95. The molecule has 0 spiro atoms. The summed E-state index contributed by atoms with van der Waals surface area (Å²) in [7, 11) is -2.41. The van der Waals surface area contributed by atoms with Crippen molar-refractivity contribution in [2.24, 2.45) is 5.92 Å². The number of carbonyl (C=O) groups is 3. The van der Waals surface area contributed by atoms with Crippen molar-refractivity contribution in [2.75, 3.05) is 26.8 Å². The number of nitrogens with one attached hydrogen (secondary N) is 2. The SMILES string of the molecule is CCOP(=O)(OCC)C(O)[C@H](CCC(=O)N(C)CC(C)c1ccccc1)NC(=O)[C@H](CC1CCCCC1)NC(=O)OCc1cccc(Cl)c1. The molecule has 3 amide bonds. The van der Waals surface area contributed by atoms with Crippen molar-refractivity contribution in [3.05, 3.63) is 70.7 Å². The molecule has 0 heterocycles. The summed E-state index contributed by atoms with van der Waals surface area (Å²) in [5, 5.41) is 17.4. The van der Waals surface area contributed by atoms with E-state index in [-0.39, 0.29) is 50.4 Å². The first-order valence-corrected chi connectivity index (χ1v) is 19.3. The molecule has 3 rings (SSSR count). The molecule has 11 nitrogen and oxygen atoms in total. The summed E-state index contributed by atoms with van der Waals surface area (Å²) in [6.45, 7) is 5.69. The first-order valence-electron chi connectivity index (χ1n) is 17.3. The molecule has 0 saturated heterocycles. The van der Waals surface area contributed by atoms with Gasteiger partial charge in [0.2, 0.25) is 11.8 Å². The van der Waals surface area contributed by atoms with Crippen LogP contribution in [0.2, 0.25) is 5.02 Å². The number of rotatable bonds is 19. The van der Waals surface area contributed by atoms with Crippen LogP contribution < -0.4 is 10.6 Å². The molecule has 2 unspecified atom stereocenters. The van der Waals surface area contributed by atoms with Crippen molar-refractivity contribution in [1.29, 1.82) is 0 Å². The van der Waals surface area contributed by atoms with Gasteiger partial charge in [0.25, 0.3) is 0 Å². The van der Waals surface area contributed by atoms with E-state index in [0.717, 1.165) is 37.7 Å². The number of amides is 3. The highest BCUT2D eigenvalue weighted by Crippen LogP contribution is 2.53. The Morgan fingerprint density at radius 2 is 1.67 bits per heavy atom. The van der Waals surface area contributed by atoms with Crippen molar-refractivity contribution in [3.8, 4) is 0 Å². The summed E-state index contributed by atoms with van der Waals surface area (Å²) in [6, 6.07) is 14.6. The fourth-order valence-electron chi connectivity index (χ4n) is 6.17. The molecule has 4 atom stereocenters. The highest BCUT2D eigenvalue weighted by atomic mass is 35.5. The second-order valence-corrected chi connectivity index (χ2v) is 15.2. The summed E-state index contributed by atoms with van der Waals surface area (Å²) < 4.78 is 29.9. The molecule has 49 heavy (non-hydrogen) atoms. The minimum atomic E-state index is -4.12. The first kappa shape index (κ1) is 40.5. The highest BCUT2D eigenvalue weighted by molar-refractivity contribution is 7.54. The van der Waals surface area contributed by atoms with Gasteiger partial charge in [-0.2, -0.15) is 0 Å². The number of likely N-dealkylation sites (N-methyl/N-ethyl adjacent to an activating group) is 1. The molecule has 2 aromatic carbocycles.